The molecule has 0 saturated heterocycles. The molecule has 0 rings (SSSR count). The zero-order chi connectivity index (χ0) is 15.2. The number of hydrogen-bond acceptors (Lipinski definition) is 3. The van der Waals surface area contributed by atoms with Gasteiger partial charge in [0.1, 0.15) is 12.1 Å². The van der Waals surface area contributed by atoms with E-state index in [1.807, 2.05) is 0 Å². The molecule has 0 aliphatic rings. The summed E-state index contributed by atoms with van der Waals surface area (Å²) in [5.74, 6) is -1.38. The number of urea groups is 1. The van der Waals surface area contributed by atoms with Crippen LogP contribution in [0, 0.1) is 0 Å². The third kappa shape index (κ3) is 4.11. The minimum atomic E-state index is -1.32. The maximum absolute atomic E-state index is 12.3. The maximum atomic E-state index is 12.3. The molecule has 2 N–H and O–H groups in total. The molecular formula is C12H23N3O4. The van der Waals surface area contributed by atoms with Crippen molar-refractivity contribution in [1.29, 1.82) is 0 Å². The number of rotatable bonds is 6. The van der Waals surface area contributed by atoms with Crippen molar-refractivity contribution in [3.05, 3.63) is 0 Å². The summed E-state index contributed by atoms with van der Waals surface area (Å²) in [6.07, 6.45) is 0. The van der Waals surface area contributed by atoms with Gasteiger partial charge < -0.3 is 20.2 Å². The van der Waals surface area contributed by atoms with Crippen molar-refractivity contribution in [3.8, 4) is 0 Å². The summed E-state index contributed by atoms with van der Waals surface area (Å²) >= 11 is 0. The van der Waals surface area contributed by atoms with Crippen LogP contribution in [0.25, 0.3) is 0 Å². The third-order valence-electron chi connectivity index (χ3n) is 3.01. The highest BCUT2D eigenvalue weighted by molar-refractivity contribution is 5.88. The Kier molecular flexibility index (Phi) is 6.31. The van der Waals surface area contributed by atoms with Gasteiger partial charge in [0.2, 0.25) is 5.91 Å². The van der Waals surface area contributed by atoms with Gasteiger partial charge in [0.05, 0.1) is 0 Å². The quantitative estimate of drug-likeness (QED) is 0.731. The first-order chi connectivity index (χ1) is 8.72. The summed E-state index contributed by atoms with van der Waals surface area (Å²) in [5, 5.41) is 11.6. The second-order valence-electron chi connectivity index (χ2n) is 4.58. The molecule has 7 nitrogen and oxygen atoms in total. The van der Waals surface area contributed by atoms with E-state index in [-0.39, 0.29) is 19.0 Å². The molecule has 0 heterocycles. The second kappa shape index (κ2) is 6.96. The lowest BCUT2D eigenvalue weighted by Crippen LogP contribution is -2.57. The molecule has 0 fully saturated rings. The molecule has 0 spiro atoms. The predicted molar refractivity (Wildman–Crippen MR) is 70.8 cm³/mol. The predicted octanol–water partition coefficient (Wildman–Crippen LogP) is 0.359. The average molecular weight is 273 g/mol. The van der Waals surface area contributed by atoms with Crippen LogP contribution in [0.15, 0.2) is 0 Å². The third-order valence-corrected chi connectivity index (χ3v) is 3.01. The van der Waals surface area contributed by atoms with E-state index in [1.165, 1.54) is 30.7 Å². The number of amides is 3. The van der Waals surface area contributed by atoms with Crippen LogP contribution in [-0.2, 0) is 9.59 Å². The highest BCUT2D eigenvalue weighted by Crippen LogP contribution is 2.16. The Bertz CT molecular complexity index is 355. The molecule has 0 unspecified atom stereocenters. The fourth-order valence-electron chi connectivity index (χ4n) is 1.62. The van der Waals surface area contributed by atoms with Gasteiger partial charge >= 0.3 is 12.0 Å². The normalized spacial score (nSPS) is 10.8. The van der Waals surface area contributed by atoms with E-state index in [9.17, 15) is 19.5 Å². The first kappa shape index (κ1) is 17.2. The van der Waals surface area contributed by atoms with Gasteiger partial charge in [-0.25, -0.2) is 9.59 Å². The lowest BCUT2D eigenvalue weighted by molar-refractivity contribution is -0.147. The molecule has 0 aromatic carbocycles. The standard InChI is InChI=1S/C12H23N3O4/c1-6-14(8-9(16)13-5)11(19)15(7-2)12(3,4)10(17)18/h6-8H2,1-5H3,(H,13,16)(H,17,18). The van der Waals surface area contributed by atoms with Gasteiger partial charge in [-0.2, -0.15) is 0 Å². The smallest absolute Gasteiger partial charge is 0.329 e. The largest absolute Gasteiger partial charge is 0.480 e. The molecule has 0 aliphatic carbocycles. The van der Waals surface area contributed by atoms with Crippen LogP contribution in [0.3, 0.4) is 0 Å². The van der Waals surface area contributed by atoms with E-state index in [2.05, 4.69) is 5.32 Å². The molecule has 7 heteroatoms. The molecule has 110 valence electrons. The molecule has 0 saturated carbocycles. The topological polar surface area (TPSA) is 90.0 Å². The van der Waals surface area contributed by atoms with Crippen LogP contribution in [0.5, 0.6) is 0 Å². The summed E-state index contributed by atoms with van der Waals surface area (Å²) in [6, 6.07) is -0.457. The van der Waals surface area contributed by atoms with Crippen molar-refractivity contribution in [2.45, 2.75) is 33.2 Å². The highest BCUT2D eigenvalue weighted by Gasteiger charge is 2.38. The van der Waals surface area contributed by atoms with Crippen LogP contribution in [0.2, 0.25) is 0 Å². The summed E-state index contributed by atoms with van der Waals surface area (Å²) in [4.78, 5) is 37.4. The van der Waals surface area contributed by atoms with Gasteiger partial charge in [0.25, 0.3) is 0 Å². The van der Waals surface area contributed by atoms with Crippen molar-refractivity contribution in [3.63, 3.8) is 0 Å². The fraction of sp³-hybridized carbons (Fsp3) is 0.750. The summed E-state index contributed by atoms with van der Waals surface area (Å²) < 4.78 is 0. The molecular weight excluding hydrogens is 250 g/mol. The first-order valence-corrected chi connectivity index (χ1v) is 6.22. The Morgan fingerprint density at radius 1 is 1.16 bits per heavy atom. The van der Waals surface area contributed by atoms with Crippen LogP contribution in [0.4, 0.5) is 4.79 Å². The molecule has 0 atom stereocenters. The van der Waals surface area contributed by atoms with Gasteiger partial charge in [-0.05, 0) is 27.7 Å². The number of carbonyl (C=O) groups is 3. The Morgan fingerprint density at radius 3 is 2.00 bits per heavy atom. The number of carbonyl (C=O) groups excluding carboxylic acids is 2. The van der Waals surface area contributed by atoms with Gasteiger partial charge in [-0.1, -0.05) is 0 Å². The number of nitrogens with zero attached hydrogens (tertiary/aromatic N) is 2. The van der Waals surface area contributed by atoms with Crippen molar-refractivity contribution < 1.29 is 19.5 Å². The van der Waals surface area contributed by atoms with E-state index >= 15 is 0 Å². The zero-order valence-electron chi connectivity index (χ0n) is 12.2. The van der Waals surface area contributed by atoms with Crippen LogP contribution in [0.1, 0.15) is 27.7 Å². The number of likely N-dealkylation sites (N-methyl/N-ethyl adjacent to an activating group) is 3. The Morgan fingerprint density at radius 2 is 1.68 bits per heavy atom. The number of nitrogens with one attached hydrogen (secondary N) is 1. The van der Waals surface area contributed by atoms with Crippen LogP contribution < -0.4 is 5.32 Å². The summed E-state index contributed by atoms with van der Waals surface area (Å²) in [7, 11) is 1.49. The van der Waals surface area contributed by atoms with Gasteiger partial charge in [-0.15, -0.1) is 0 Å². The number of hydrogen-bond donors (Lipinski definition) is 2. The van der Waals surface area contributed by atoms with Crippen LogP contribution >= 0.6 is 0 Å². The van der Waals surface area contributed by atoms with E-state index in [0.717, 1.165) is 0 Å². The fourth-order valence-corrected chi connectivity index (χ4v) is 1.62. The van der Waals surface area contributed by atoms with E-state index in [0.29, 0.717) is 6.54 Å². The van der Waals surface area contributed by atoms with E-state index in [4.69, 9.17) is 0 Å². The minimum Gasteiger partial charge on any atom is -0.480 e. The van der Waals surface area contributed by atoms with Crippen molar-refractivity contribution in [1.82, 2.24) is 15.1 Å². The lowest BCUT2D eigenvalue weighted by atomic mass is 10.0. The SMILES string of the molecule is CCN(CC(=O)NC)C(=O)N(CC)C(C)(C)C(=O)O. The Hall–Kier alpha value is -1.79. The van der Waals surface area contributed by atoms with Crippen molar-refractivity contribution >= 4 is 17.9 Å². The maximum Gasteiger partial charge on any atom is 0.329 e. The number of carboxylic acid groups (broad SMARTS) is 1. The van der Waals surface area contributed by atoms with Gasteiger partial charge in [0.15, 0.2) is 0 Å². The molecule has 0 aliphatic heterocycles. The van der Waals surface area contributed by atoms with Gasteiger partial charge in [-0.3, -0.25) is 4.79 Å². The van der Waals surface area contributed by atoms with Gasteiger partial charge in [0, 0.05) is 20.1 Å². The van der Waals surface area contributed by atoms with E-state index < -0.39 is 17.5 Å². The lowest BCUT2D eigenvalue weighted by Gasteiger charge is -2.37. The summed E-state index contributed by atoms with van der Waals surface area (Å²) in [6.45, 7) is 6.87. The number of aliphatic carboxylic acids is 1. The molecule has 0 bridgehead atoms. The molecule has 19 heavy (non-hydrogen) atoms. The Balaban J connectivity index is 5.10. The van der Waals surface area contributed by atoms with Crippen molar-refractivity contribution in [2.24, 2.45) is 0 Å². The first-order valence-electron chi connectivity index (χ1n) is 6.22. The van der Waals surface area contributed by atoms with Crippen LogP contribution in [-0.4, -0.2) is 65.0 Å². The van der Waals surface area contributed by atoms with E-state index in [1.54, 1.807) is 13.8 Å². The van der Waals surface area contributed by atoms with Crippen molar-refractivity contribution in [2.75, 3.05) is 26.7 Å². The number of carboxylic acids is 1. The molecule has 0 aromatic rings. The average Bonchev–Trinajstić information content (AvgIpc) is 2.35. The minimum absolute atomic E-state index is 0.0853. The second-order valence-corrected chi connectivity index (χ2v) is 4.58. The molecule has 3 amide bonds. The highest BCUT2D eigenvalue weighted by atomic mass is 16.4. The monoisotopic (exact) mass is 273 g/mol. The summed E-state index contributed by atoms with van der Waals surface area (Å²) in [5.41, 5.74) is -1.32. The molecule has 0 aromatic heterocycles. The molecule has 0 radical (unpaired) electrons. The zero-order valence-corrected chi connectivity index (χ0v) is 12.2. The Labute approximate surface area is 113 Å².